The zero-order valence-electron chi connectivity index (χ0n) is 15.5. The molecule has 0 bridgehead atoms. The monoisotopic (exact) mass is 502 g/mol. The second kappa shape index (κ2) is 10.8. The lowest BCUT2D eigenvalue weighted by molar-refractivity contribution is -0.192. The van der Waals surface area contributed by atoms with Crippen LogP contribution in [0.25, 0.3) is 0 Å². The smallest absolute Gasteiger partial charge is 0.476 e. The van der Waals surface area contributed by atoms with E-state index in [1.54, 1.807) is 0 Å². The molecule has 176 valence electrons. The van der Waals surface area contributed by atoms with E-state index in [4.69, 9.17) is 20.7 Å². The van der Waals surface area contributed by atoms with Gasteiger partial charge in [-0.1, -0.05) is 6.07 Å². The number of aromatic carboxylic acids is 1. The van der Waals surface area contributed by atoms with E-state index in [0.29, 0.717) is 0 Å². The van der Waals surface area contributed by atoms with Crippen molar-refractivity contribution in [3.05, 3.63) is 40.8 Å². The number of nitrogens with one attached hydrogen (secondary N) is 2. The second-order valence-electron chi connectivity index (χ2n) is 5.48. The molecule has 1 amide bonds. The highest BCUT2D eigenvalue weighted by Gasteiger charge is 2.38. The van der Waals surface area contributed by atoms with Crippen molar-refractivity contribution in [2.24, 2.45) is 5.73 Å². The fraction of sp³-hybridized carbons (Fsp3) is 0.200. The minimum atomic E-state index is -5.08. The van der Waals surface area contributed by atoms with Gasteiger partial charge in [0.1, 0.15) is 10.8 Å². The zero-order valence-corrected chi connectivity index (χ0v) is 17.1. The molecule has 2 aromatic rings. The summed E-state index contributed by atoms with van der Waals surface area (Å²) in [6, 6.07) is 3.11. The number of alkyl halides is 3. The number of aliphatic carboxylic acids is 1. The predicted molar refractivity (Wildman–Crippen MR) is 101 cm³/mol. The number of rotatable bonds is 7. The lowest BCUT2D eigenvalue weighted by Crippen LogP contribution is -2.30. The highest BCUT2D eigenvalue weighted by Crippen LogP contribution is 2.25. The zero-order chi connectivity index (χ0) is 24.7. The molecule has 1 aromatic heterocycles. The number of carboxylic acids is 2. The van der Waals surface area contributed by atoms with Crippen LogP contribution in [0.5, 0.6) is 0 Å². The van der Waals surface area contributed by atoms with Crippen molar-refractivity contribution in [1.29, 1.82) is 0 Å². The van der Waals surface area contributed by atoms with E-state index in [1.165, 1.54) is 11.6 Å². The minimum Gasteiger partial charge on any atom is -0.476 e. The highest BCUT2D eigenvalue weighted by molar-refractivity contribution is 7.93. The average Bonchev–Trinajstić information content (AvgIpc) is 3.14. The first-order chi connectivity index (χ1) is 14.7. The molecule has 6 N–H and O–H groups in total. The molecule has 2 rings (SSSR count). The van der Waals surface area contributed by atoms with Crippen LogP contribution in [0.15, 0.2) is 28.6 Å². The van der Waals surface area contributed by atoms with E-state index < -0.39 is 50.5 Å². The molecule has 0 fully saturated rings. The summed E-state index contributed by atoms with van der Waals surface area (Å²) in [5.41, 5.74) is 5.91. The number of anilines is 1. The SMILES string of the molecule is NCC(=O)NCc1ccc(S(=O)(=O)Nc2scnc2C(=O)O)cc1F.O=C(O)C(F)(F)F. The first-order valence-corrected chi connectivity index (χ1v) is 10.3. The Morgan fingerprint density at radius 1 is 1.19 bits per heavy atom. The van der Waals surface area contributed by atoms with Gasteiger partial charge in [0.2, 0.25) is 5.91 Å². The molecule has 17 heteroatoms. The van der Waals surface area contributed by atoms with Crippen molar-refractivity contribution in [3.8, 4) is 0 Å². The molecule has 0 spiro atoms. The Morgan fingerprint density at radius 2 is 1.78 bits per heavy atom. The van der Waals surface area contributed by atoms with Gasteiger partial charge in [-0.15, -0.1) is 11.3 Å². The van der Waals surface area contributed by atoms with Crippen molar-refractivity contribution >= 4 is 44.2 Å². The number of aromatic nitrogens is 1. The number of hydrogen-bond acceptors (Lipinski definition) is 8. The number of nitrogens with two attached hydrogens (primary N) is 1. The Morgan fingerprint density at radius 3 is 2.25 bits per heavy atom. The maximum Gasteiger partial charge on any atom is 0.490 e. The molecular formula is C15H14F4N4O7S2. The molecule has 0 aliphatic carbocycles. The molecule has 32 heavy (non-hydrogen) atoms. The van der Waals surface area contributed by atoms with Gasteiger partial charge >= 0.3 is 18.1 Å². The molecule has 0 aliphatic rings. The second-order valence-corrected chi connectivity index (χ2v) is 8.01. The van der Waals surface area contributed by atoms with Gasteiger partial charge in [-0.25, -0.2) is 27.4 Å². The normalized spacial score (nSPS) is 11.2. The molecule has 0 saturated carbocycles. The van der Waals surface area contributed by atoms with Gasteiger partial charge < -0.3 is 21.3 Å². The molecular weight excluding hydrogens is 488 g/mol. The first-order valence-electron chi connectivity index (χ1n) is 7.94. The quantitative estimate of drug-likeness (QED) is 0.344. The number of carboxylic acid groups (broad SMARTS) is 2. The Bertz CT molecular complexity index is 1100. The van der Waals surface area contributed by atoms with Crippen LogP contribution in [0.3, 0.4) is 0 Å². The Labute approximate surface area is 180 Å². The summed E-state index contributed by atoms with van der Waals surface area (Å²) in [7, 11) is -4.20. The molecule has 0 atom stereocenters. The van der Waals surface area contributed by atoms with Gasteiger partial charge in [0.15, 0.2) is 5.69 Å². The number of nitrogens with zero attached hydrogens (tertiary/aromatic N) is 1. The molecule has 1 heterocycles. The van der Waals surface area contributed by atoms with E-state index in [2.05, 4.69) is 15.0 Å². The van der Waals surface area contributed by atoms with Crippen LogP contribution in [0.2, 0.25) is 0 Å². The largest absolute Gasteiger partial charge is 0.490 e. The van der Waals surface area contributed by atoms with Gasteiger partial charge in [-0.3, -0.25) is 9.52 Å². The fourth-order valence-electron chi connectivity index (χ4n) is 1.76. The molecule has 0 aliphatic heterocycles. The molecule has 0 radical (unpaired) electrons. The highest BCUT2D eigenvalue weighted by atomic mass is 32.2. The van der Waals surface area contributed by atoms with E-state index in [9.17, 15) is 35.6 Å². The number of carbonyl (C=O) groups is 3. The summed E-state index contributed by atoms with van der Waals surface area (Å²) in [5, 5.41) is 18.2. The summed E-state index contributed by atoms with van der Waals surface area (Å²) >= 11 is 0.785. The summed E-state index contributed by atoms with van der Waals surface area (Å²) in [5.74, 6) is -5.48. The van der Waals surface area contributed by atoms with Crippen molar-refractivity contribution in [3.63, 3.8) is 0 Å². The summed E-state index contributed by atoms with van der Waals surface area (Å²) in [6.07, 6.45) is -5.08. The number of thiazole rings is 1. The number of amides is 1. The van der Waals surface area contributed by atoms with E-state index in [-0.39, 0.29) is 23.7 Å². The van der Waals surface area contributed by atoms with Crippen molar-refractivity contribution in [2.75, 3.05) is 11.3 Å². The van der Waals surface area contributed by atoms with E-state index >= 15 is 0 Å². The Hall–Kier alpha value is -3.31. The fourth-order valence-corrected chi connectivity index (χ4v) is 3.76. The summed E-state index contributed by atoms with van der Waals surface area (Å²) < 4.78 is 72.4. The lowest BCUT2D eigenvalue weighted by Gasteiger charge is -2.09. The van der Waals surface area contributed by atoms with Crippen LogP contribution in [-0.4, -0.2) is 54.2 Å². The Kier molecular flexibility index (Phi) is 9.04. The standard InChI is InChI=1S/C13H13FN4O5S2.C2HF3O2/c14-9-3-8(2-1-7(9)5-16-10(19)4-15)25(22,23)18-12-11(13(20)21)17-6-24-12;3-2(4,5)1(6)7/h1-3,6,18H,4-5,15H2,(H,16,19)(H,20,21);(H,6,7). The van der Waals surface area contributed by atoms with Crippen molar-refractivity contribution in [2.45, 2.75) is 17.6 Å². The molecule has 0 unspecified atom stereocenters. The van der Waals surface area contributed by atoms with E-state index in [1.807, 2.05) is 0 Å². The molecule has 0 saturated heterocycles. The summed E-state index contributed by atoms with van der Waals surface area (Å²) in [4.78, 5) is 34.1. The van der Waals surface area contributed by atoms with Gasteiger partial charge in [-0.05, 0) is 12.1 Å². The number of hydrogen-bond donors (Lipinski definition) is 5. The third-order valence-electron chi connectivity index (χ3n) is 3.24. The van der Waals surface area contributed by atoms with Crippen molar-refractivity contribution < 1.29 is 50.6 Å². The summed E-state index contributed by atoms with van der Waals surface area (Å²) in [6.45, 7) is -0.396. The topological polar surface area (TPSA) is 189 Å². The number of carbonyl (C=O) groups excluding carboxylic acids is 1. The van der Waals surface area contributed by atoms with Crippen LogP contribution in [0.4, 0.5) is 22.6 Å². The van der Waals surface area contributed by atoms with Gasteiger partial charge in [0, 0.05) is 12.1 Å². The van der Waals surface area contributed by atoms with Crippen LogP contribution in [-0.2, 0) is 26.2 Å². The third kappa shape index (κ3) is 7.75. The minimum absolute atomic E-state index is 0.0739. The maximum absolute atomic E-state index is 14.0. The average molecular weight is 502 g/mol. The number of sulfonamides is 1. The Balaban J connectivity index is 0.000000633. The third-order valence-corrected chi connectivity index (χ3v) is 5.45. The first kappa shape index (κ1) is 26.7. The van der Waals surface area contributed by atoms with Crippen LogP contribution < -0.4 is 15.8 Å². The predicted octanol–water partition coefficient (Wildman–Crippen LogP) is 0.989. The maximum atomic E-state index is 14.0. The van der Waals surface area contributed by atoms with Crippen molar-refractivity contribution in [1.82, 2.24) is 10.3 Å². The molecule has 1 aromatic carbocycles. The van der Waals surface area contributed by atoms with Gasteiger partial charge in [-0.2, -0.15) is 13.2 Å². The number of benzene rings is 1. The van der Waals surface area contributed by atoms with Crippen LogP contribution in [0, 0.1) is 5.82 Å². The van der Waals surface area contributed by atoms with Crippen LogP contribution >= 0.6 is 11.3 Å². The lowest BCUT2D eigenvalue weighted by atomic mass is 10.2. The van der Waals surface area contributed by atoms with Gasteiger partial charge in [0.25, 0.3) is 10.0 Å². The van der Waals surface area contributed by atoms with Gasteiger partial charge in [0.05, 0.1) is 17.0 Å². The number of halogens is 4. The van der Waals surface area contributed by atoms with Crippen LogP contribution in [0.1, 0.15) is 16.1 Å². The van der Waals surface area contributed by atoms with E-state index in [0.717, 1.165) is 23.5 Å². The molecule has 11 nitrogen and oxygen atoms in total.